The van der Waals surface area contributed by atoms with Crippen LogP contribution < -0.4 is 36.3 Å². The first-order valence-corrected chi connectivity index (χ1v) is 17.7. The highest BCUT2D eigenvalue weighted by Crippen LogP contribution is 2.45. The summed E-state index contributed by atoms with van der Waals surface area (Å²) in [7, 11) is 0. The molecule has 7 heteroatoms. The number of ether oxygens (including phenoxy) is 4. The Bertz CT molecular complexity index is 1450. The zero-order chi connectivity index (χ0) is 30.9. The van der Waals surface area contributed by atoms with Crippen molar-refractivity contribution >= 4 is 28.5 Å². The van der Waals surface area contributed by atoms with E-state index in [1.807, 2.05) is 0 Å². The number of hydrogen-bond donors (Lipinski definition) is 0. The molecular formula is C39H53ClN2O4. The summed E-state index contributed by atoms with van der Waals surface area (Å²) in [6.07, 6.45) is 18.9. The Labute approximate surface area is 282 Å². The molecule has 0 spiro atoms. The maximum Gasteiger partial charge on any atom is 0.245 e. The van der Waals surface area contributed by atoms with Crippen molar-refractivity contribution in [2.75, 3.05) is 37.9 Å². The van der Waals surface area contributed by atoms with Gasteiger partial charge in [0.1, 0.15) is 17.8 Å². The van der Waals surface area contributed by atoms with Crippen LogP contribution in [0.3, 0.4) is 0 Å². The van der Waals surface area contributed by atoms with Crippen LogP contribution in [0.1, 0.15) is 104 Å². The fraction of sp³-hybridized carbons (Fsp3) is 0.564. The highest BCUT2D eigenvalue weighted by atomic mass is 35.5. The predicted octanol–water partition coefficient (Wildman–Crippen LogP) is 6.82. The van der Waals surface area contributed by atoms with Crippen molar-refractivity contribution in [2.24, 2.45) is 0 Å². The second kappa shape index (κ2) is 16.6. The zero-order valence-corrected chi connectivity index (χ0v) is 28.8. The van der Waals surface area contributed by atoms with E-state index in [-0.39, 0.29) is 17.9 Å². The molecule has 0 fully saturated rings. The summed E-state index contributed by atoms with van der Waals surface area (Å²) in [6, 6.07) is 17.2. The molecule has 0 saturated carbocycles. The third-order valence-electron chi connectivity index (χ3n) is 9.50. The highest BCUT2D eigenvalue weighted by Gasteiger charge is 2.45. The molecule has 3 aliphatic rings. The van der Waals surface area contributed by atoms with Crippen LogP contribution in [0.5, 0.6) is 23.0 Å². The van der Waals surface area contributed by atoms with Crippen LogP contribution in [-0.4, -0.2) is 49.4 Å². The third kappa shape index (κ3) is 8.42. The van der Waals surface area contributed by atoms with E-state index in [0.29, 0.717) is 0 Å². The molecule has 6 bridgehead atoms. The Balaban J connectivity index is 0.00000417. The average molecular weight is 649 g/mol. The monoisotopic (exact) mass is 648 g/mol. The van der Waals surface area contributed by atoms with E-state index in [4.69, 9.17) is 18.9 Å². The van der Waals surface area contributed by atoms with Gasteiger partial charge in [0.15, 0.2) is 22.9 Å². The molecule has 0 amide bonds. The average Bonchev–Trinajstić information content (AvgIpc) is 3.35. The topological polar surface area (TPSA) is 43.2 Å². The molecule has 0 aromatic heterocycles. The van der Waals surface area contributed by atoms with E-state index in [1.54, 1.807) is 0 Å². The van der Waals surface area contributed by atoms with Crippen LogP contribution >= 0.6 is 0 Å². The van der Waals surface area contributed by atoms with Crippen molar-refractivity contribution in [1.82, 2.24) is 0 Å². The molecular weight excluding hydrogens is 596 g/mol. The van der Waals surface area contributed by atoms with Crippen LogP contribution in [0.4, 0.5) is 11.4 Å². The lowest BCUT2D eigenvalue weighted by Gasteiger charge is -2.26. The van der Waals surface area contributed by atoms with Gasteiger partial charge >= 0.3 is 0 Å². The summed E-state index contributed by atoms with van der Waals surface area (Å²) >= 11 is 0. The number of rotatable bonds is 0. The fourth-order valence-corrected chi connectivity index (χ4v) is 6.98. The van der Waals surface area contributed by atoms with Crippen molar-refractivity contribution in [3.63, 3.8) is 0 Å². The molecule has 3 aromatic carbocycles. The van der Waals surface area contributed by atoms with Gasteiger partial charge in [-0.1, -0.05) is 82.4 Å². The fourth-order valence-electron chi connectivity index (χ4n) is 6.98. The second-order valence-corrected chi connectivity index (χ2v) is 13.7. The van der Waals surface area contributed by atoms with E-state index < -0.39 is 0 Å². The van der Waals surface area contributed by atoms with Gasteiger partial charge in [-0.25, -0.2) is 9.48 Å². The zero-order valence-electron chi connectivity index (χ0n) is 28.0. The molecule has 250 valence electrons. The van der Waals surface area contributed by atoms with Crippen molar-refractivity contribution in [3.8, 4) is 23.0 Å². The van der Waals surface area contributed by atoms with Gasteiger partial charge < -0.3 is 31.4 Å². The van der Waals surface area contributed by atoms with Crippen molar-refractivity contribution in [2.45, 2.75) is 109 Å². The molecule has 0 saturated heterocycles. The van der Waals surface area contributed by atoms with Crippen molar-refractivity contribution in [3.05, 3.63) is 48.5 Å². The minimum Gasteiger partial charge on any atom is -1.00 e. The summed E-state index contributed by atoms with van der Waals surface area (Å²) in [5, 5.41) is 2.34. The Kier molecular flexibility index (Phi) is 12.4. The van der Waals surface area contributed by atoms with Gasteiger partial charge in [-0.15, -0.1) is 0 Å². The minimum absolute atomic E-state index is 0. The normalized spacial score (nSPS) is 20.0. The smallest absolute Gasteiger partial charge is 0.245 e. The molecule has 0 aliphatic carbocycles. The van der Waals surface area contributed by atoms with Crippen LogP contribution in [0.15, 0.2) is 48.5 Å². The van der Waals surface area contributed by atoms with E-state index in [1.165, 1.54) is 69.6 Å². The lowest BCUT2D eigenvalue weighted by atomic mass is 10.00. The van der Waals surface area contributed by atoms with Gasteiger partial charge in [0.05, 0.1) is 26.4 Å². The van der Waals surface area contributed by atoms with Gasteiger partial charge in [0.2, 0.25) is 12.0 Å². The lowest BCUT2D eigenvalue weighted by molar-refractivity contribution is -0.434. The summed E-state index contributed by atoms with van der Waals surface area (Å²) in [6.45, 7) is 8.33. The standard InChI is InChI=1S/C39H53N2O4.ClH/c1-39(2)29-40-30-41(39)37-33-28-32-22-20-31(33)21-23-36(37)45-27-16-12-8-4-7-11-15-26-44-35-19-17-18-34(38(35)40)43-25-14-10-6-3-5-9-13-24-42-32;/h17-23,28,30H,3-16,24-27,29H2,1-2H3;1H/q+1;/p-1. The Morgan fingerprint density at radius 1 is 0.587 bits per heavy atom. The molecule has 0 N–H and O–H groups in total. The first kappa shape index (κ1) is 34.2. The van der Waals surface area contributed by atoms with Gasteiger partial charge in [-0.2, -0.15) is 0 Å². The summed E-state index contributed by atoms with van der Waals surface area (Å²) in [5.41, 5.74) is 1.90. The number of halogens is 1. The first-order valence-electron chi connectivity index (χ1n) is 17.7. The Morgan fingerprint density at radius 2 is 1.09 bits per heavy atom. The molecule has 3 aromatic rings. The van der Waals surface area contributed by atoms with E-state index in [2.05, 4.69) is 78.2 Å². The summed E-state index contributed by atoms with van der Waals surface area (Å²) in [4.78, 5) is 2.41. The van der Waals surface area contributed by atoms with Crippen LogP contribution in [0.25, 0.3) is 10.8 Å². The van der Waals surface area contributed by atoms with E-state index >= 15 is 0 Å². The molecule has 3 heterocycles. The largest absolute Gasteiger partial charge is 1.00 e. The molecule has 0 unspecified atom stereocenters. The van der Waals surface area contributed by atoms with Gasteiger partial charge in [0.25, 0.3) is 0 Å². The molecule has 6 rings (SSSR count). The first-order chi connectivity index (χ1) is 22.1. The number of anilines is 1. The van der Waals surface area contributed by atoms with E-state index in [9.17, 15) is 0 Å². The van der Waals surface area contributed by atoms with Crippen molar-refractivity contribution in [1.29, 1.82) is 0 Å². The van der Waals surface area contributed by atoms with Crippen LogP contribution in [0.2, 0.25) is 0 Å². The lowest BCUT2D eigenvalue weighted by Crippen LogP contribution is -3.00. The molecule has 3 aliphatic heterocycles. The number of hydrogen-bond acceptors (Lipinski definition) is 5. The summed E-state index contributed by atoms with van der Waals surface area (Å²) in [5.74, 6) is 3.65. The highest BCUT2D eigenvalue weighted by molar-refractivity contribution is 6.03. The van der Waals surface area contributed by atoms with Gasteiger partial charge in [0, 0.05) is 5.39 Å². The van der Waals surface area contributed by atoms with E-state index in [0.717, 1.165) is 98.4 Å². The predicted molar refractivity (Wildman–Crippen MR) is 184 cm³/mol. The van der Waals surface area contributed by atoms with Crippen LogP contribution in [-0.2, 0) is 0 Å². The molecule has 0 atom stereocenters. The summed E-state index contributed by atoms with van der Waals surface area (Å²) < 4.78 is 28.4. The molecule has 6 nitrogen and oxygen atoms in total. The molecule has 46 heavy (non-hydrogen) atoms. The van der Waals surface area contributed by atoms with Crippen LogP contribution in [0, 0.1) is 0 Å². The van der Waals surface area contributed by atoms with Gasteiger partial charge in [-0.05, 0) is 75.2 Å². The Hall–Kier alpha value is -3.12. The number of nitrogens with zero attached hydrogens (tertiary/aromatic N) is 2. The minimum atomic E-state index is -0.227. The van der Waals surface area contributed by atoms with Crippen molar-refractivity contribution < 1.29 is 35.9 Å². The number of para-hydroxylation sites is 1. The Morgan fingerprint density at radius 3 is 1.67 bits per heavy atom. The number of benzene rings is 3. The maximum atomic E-state index is 6.63. The maximum absolute atomic E-state index is 6.63. The quantitative estimate of drug-likeness (QED) is 0.251. The van der Waals surface area contributed by atoms with Gasteiger partial charge in [-0.3, -0.25) is 0 Å². The second-order valence-electron chi connectivity index (χ2n) is 13.7. The number of fused-ring (bicyclic) bond motifs is 1. The third-order valence-corrected chi connectivity index (χ3v) is 9.50. The SMILES string of the molecule is CC1(C)C[N+]2=CN1c1c3ccc4ccc(cc14)OCCCCCCCCCOc1cccc(c12)OCCCCCCCCCO3.[Cl-]. The molecule has 0 radical (unpaired) electrons.